The van der Waals surface area contributed by atoms with Crippen molar-refractivity contribution >= 4 is 16.0 Å². The number of hydrogen-bond acceptors (Lipinski definition) is 6. The van der Waals surface area contributed by atoms with E-state index in [9.17, 15) is 17.6 Å². The predicted octanol–water partition coefficient (Wildman–Crippen LogP) is 1.45. The summed E-state index contributed by atoms with van der Waals surface area (Å²) in [6.45, 7) is -0.534. The third-order valence-electron chi connectivity index (χ3n) is 2.80. The molecular formula is C14H14FNO6S. The van der Waals surface area contributed by atoms with Crippen molar-refractivity contribution in [3.8, 4) is 5.75 Å². The summed E-state index contributed by atoms with van der Waals surface area (Å²) in [5, 5.41) is 0. The molecule has 0 saturated heterocycles. The first-order chi connectivity index (χ1) is 10.9. The number of ether oxygens (including phenoxy) is 2. The van der Waals surface area contributed by atoms with Gasteiger partial charge in [-0.3, -0.25) is 0 Å². The van der Waals surface area contributed by atoms with E-state index in [4.69, 9.17) is 9.15 Å². The van der Waals surface area contributed by atoms with Crippen LogP contribution in [0.4, 0.5) is 4.39 Å². The molecule has 0 radical (unpaired) electrons. The molecule has 124 valence electrons. The van der Waals surface area contributed by atoms with Crippen molar-refractivity contribution in [3.63, 3.8) is 0 Å². The summed E-state index contributed by atoms with van der Waals surface area (Å²) in [6.07, 6.45) is 1.41. The molecule has 2 aromatic rings. The molecule has 1 aromatic carbocycles. The summed E-state index contributed by atoms with van der Waals surface area (Å²) in [5.74, 6) is -1.41. The van der Waals surface area contributed by atoms with Gasteiger partial charge in [0.05, 0.1) is 24.8 Å². The molecule has 0 saturated carbocycles. The minimum atomic E-state index is -3.91. The van der Waals surface area contributed by atoms with E-state index in [1.807, 2.05) is 0 Å². The molecule has 0 spiro atoms. The van der Waals surface area contributed by atoms with Crippen LogP contribution in [0.25, 0.3) is 0 Å². The van der Waals surface area contributed by atoms with Crippen LogP contribution in [0.3, 0.4) is 0 Å². The van der Waals surface area contributed by atoms with Gasteiger partial charge in [-0.05, 0) is 30.3 Å². The zero-order chi connectivity index (χ0) is 16.9. The fourth-order valence-corrected chi connectivity index (χ4v) is 2.63. The van der Waals surface area contributed by atoms with Gasteiger partial charge < -0.3 is 13.9 Å². The van der Waals surface area contributed by atoms with E-state index < -0.39 is 28.4 Å². The van der Waals surface area contributed by atoms with Crippen LogP contribution < -0.4 is 9.46 Å². The van der Waals surface area contributed by atoms with Gasteiger partial charge in [-0.25, -0.2) is 22.3 Å². The molecule has 0 aliphatic rings. The summed E-state index contributed by atoms with van der Waals surface area (Å²) in [6, 6.07) is 6.32. The highest BCUT2D eigenvalue weighted by Gasteiger charge is 2.17. The number of rotatable bonds is 7. The number of carbonyl (C=O) groups excluding carboxylic acids is 1. The van der Waals surface area contributed by atoms with Gasteiger partial charge in [0.2, 0.25) is 10.0 Å². The lowest BCUT2D eigenvalue weighted by atomic mass is 10.3. The van der Waals surface area contributed by atoms with Gasteiger partial charge in [0.15, 0.2) is 18.2 Å². The lowest BCUT2D eigenvalue weighted by molar-refractivity contribution is -0.142. The third-order valence-corrected chi connectivity index (χ3v) is 4.20. The maximum Gasteiger partial charge on any atom is 0.343 e. The van der Waals surface area contributed by atoms with Crippen LogP contribution in [0, 0.1) is 5.82 Å². The minimum Gasteiger partial charge on any atom is -0.479 e. The Balaban J connectivity index is 2.07. The molecule has 0 atom stereocenters. The van der Waals surface area contributed by atoms with Crippen molar-refractivity contribution in [1.82, 2.24) is 4.72 Å². The van der Waals surface area contributed by atoms with Crippen molar-refractivity contribution in [2.45, 2.75) is 11.4 Å². The van der Waals surface area contributed by atoms with E-state index in [-0.39, 0.29) is 17.2 Å². The molecule has 0 bridgehead atoms. The lowest BCUT2D eigenvalue weighted by Crippen LogP contribution is -2.23. The summed E-state index contributed by atoms with van der Waals surface area (Å²) in [4.78, 5) is 10.7. The van der Waals surface area contributed by atoms with Crippen molar-refractivity contribution in [2.75, 3.05) is 13.7 Å². The Morgan fingerprint density at radius 2 is 2.13 bits per heavy atom. The normalized spacial score (nSPS) is 11.2. The first-order valence-electron chi connectivity index (χ1n) is 6.43. The molecule has 23 heavy (non-hydrogen) atoms. The van der Waals surface area contributed by atoms with Crippen LogP contribution in [0.1, 0.15) is 5.76 Å². The van der Waals surface area contributed by atoms with Crippen molar-refractivity contribution in [3.05, 3.63) is 48.2 Å². The standard InChI is InChI=1S/C14H14FNO6S/c1-20-14(17)9-22-13-5-4-11(7-12(13)15)23(18,19)16-8-10-3-2-6-21-10/h2-7,16H,8-9H2,1H3. The maximum absolute atomic E-state index is 13.9. The van der Waals surface area contributed by atoms with Crippen LogP contribution in [0.15, 0.2) is 45.9 Å². The Kier molecular flexibility index (Phi) is 5.35. The number of nitrogens with one attached hydrogen (secondary N) is 1. The van der Waals surface area contributed by atoms with Crippen LogP contribution in [0.5, 0.6) is 5.75 Å². The second-order valence-corrected chi connectivity index (χ2v) is 6.13. The molecule has 0 aliphatic carbocycles. The molecule has 7 nitrogen and oxygen atoms in total. The number of sulfonamides is 1. The van der Waals surface area contributed by atoms with Crippen molar-refractivity contribution in [1.29, 1.82) is 0 Å². The van der Waals surface area contributed by atoms with Crippen LogP contribution in [0.2, 0.25) is 0 Å². The fraction of sp³-hybridized carbons (Fsp3) is 0.214. The molecular weight excluding hydrogens is 329 g/mol. The van der Waals surface area contributed by atoms with Gasteiger partial charge in [0, 0.05) is 0 Å². The summed E-state index contributed by atoms with van der Waals surface area (Å²) in [7, 11) is -2.74. The van der Waals surface area contributed by atoms with E-state index in [0.717, 1.165) is 12.1 Å². The van der Waals surface area contributed by atoms with Crippen LogP contribution in [-0.4, -0.2) is 28.1 Å². The van der Waals surface area contributed by atoms with Gasteiger partial charge in [-0.1, -0.05) is 0 Å². The number of carbonyl (C=O) groups is 1. The Morgan fingerprint density at radius 1 is 1.35 bits per heavy atom. The second kappa shape index (κ2) is 7.25. The van der Waals surface area contributed by atoms with Crippen LogP contribution in [-0.2, 0) is 26.1 Å². The molecule has 2 rings (SSSR count). The van der Waals surface area contributed by atoms with Crippen molar-refractivity contribution in [2.24, 2.45) is 0 Å². The third kappa shape index (κ3) is 4.54. The lowest BCUT2D eigenvalue weighted by Gasteiger charge is -2.09. The molecule has 0 amide bonds. The Labute approximate surface area is 132 Å². The summed E-state index contributed by atoms with van der Waals surface area (Å²) >= 11 is 0. The van der Waals surface area contributed by atoms with Gasteiger partial charge in [-0.2, -0.15) is 0 Å². The van der Waals surface area contributed by atoms with E-state index in [2.05, 4.69) is 9.46 Å². The smallest absolute Gasteiger partial charge is 0.343 e. The molecule has 1 aromatic heterocycles. The number of furan rings is 1. The van der Waals surface area contributed by atoms with Gasteiger partial charge in [0.25, 0.3) is 0 Å². The molecule has 0 fully saturated rings. The molecule has 0 aliphatic heterocycles. The minimum absolute atomic E-state index is 0.0580. The Morgan fingerprint density at radius 3 is 2.74 bits per heavy atom. The highest BCUT2D eigenvalue weighted by atomic mass is 32.2. The first kappa shape index (κ1) is 17.0. The maximum atomic E-state index is 13.9. The number of halogens is 1. The van der Waals surface area contributed by atoms with Gasteiger partial charge in [-0.15, -0.1) is 0 Å². The average molecular weight is 343 g/mol. The average Bonchev–Trinajstić information content (AvgIpc) is 3.05. The molecule has 9 heteroatoms. The highest BCUT2D eigenvalue weighted by molar-refractivity contribution is 7.89. The van der Waals surface area contributed by atoms with Crippen LogP contribution >= 0.6 is 0 Å². The zero-order valence-electron chi connectivity index (χ0n) is 12.1. The van der Waals surface area contributed by atoms with Gasteiger partial charge in [0.1, 0.15) is 5.76 Å². The predicted molar refractivity (Wildman–Crippen MR) is 76.6 cm³/mol. The van der Waals surface area contributed by atoms with Crippen molar-refractivity contribution < 1.29 is 31.5 Å². The quantitative estimate of drug-likeness (QED) is 0.765. The SMILES string of the molecule is COC(=O)COc1ccc(S(=O)(=O)NCc2ccco2)cc1F. The summed E-state index contributed by atoms with van der Waals surface area (Å²) < 4.78 is 54.5. The first-order valence-corrected chi connectivity index (χ1v) is 7.92. The Bertz CT molecular complexity index is 773. The number of hydrogen-bond donors (Lipinski definition) is 1. The number of benzene rings is 1. The summed E-state index contributed by atoms with van der Waals surface area (Å²) in [5.41, 5.74) is 0. The second-order valence-electron chi connectivity index (χ2n) is 4.36. The molecule has 1 heterocycles. The fourth-order valence-electron chi connectivity index (χ4n) is 1.62. The Hall–Kier alpha value is -2.39. The zero-order valence-corrected chi connectivity index (χ0v) is 12.9. The molecule has 0 unspecified atom stereocenters. The molecule has 1 N–H and O–H groups in total. The topological polar surface area (TPSA) is 94.8 Å². The van der Waals surface area contributed by atoms with E-state index in [0.29, 0.717) is 5.76 Å². The number of esters is 1. The largest absolute Gasteiger partial charge is 0.479 e. The highest BCUT2D eigenvalue weighted by Crippen LogP contribution is 2.21. The van der Waals surface area contributed by atoms with E-state index in [1.165, 1.54) is 19.4 Å². The van der Waals surface area contributed by atoms with Gasteiger partial charge >= 0.3 is 5.97 Å². The monoisotopic (exact) mass is 343 g/mol. The van der Waals surface area contributed by atoms with E-state index >= 15 is 0 Å². The van der Waals surface area contributed by atoms with E-state index in [1.54, 1.807) is 12.1 Å². The number of methoxy groups -OCH3 is 1.